The summed E-state index contributed by atoms with van der Waals surface area (Å²) in [7, 11) is -3.86. The topological polar surface area (TPSA) is 117 Å². The highest BCUT2D eigenvalue weighted by molar-refractivity contribution is 7.93. The predicted molar refractivity (Wildman–Crippen MR) is 99.1 cm³/mol. The Morgan fingerprint density at radius 2 is 2.12 bits per heavy atom. The van der Waals surface area contributed by atoms with Gasteiger partial charge in [-0.15, -0.1) is 0 Å². The number of aromatic nitrogens is 1. The van der Waals surface area contributed by atoms with Gasteiger partial charge < -0.3 is 10.6 Å². The van der Waals surface area contributed by atoms with Crippen molar-refractivity contribution in [1.82, 2.24) is 10.3 Å². The number of amides is 2. The lowest BCUT2D eigenvalue weighted by Gasteiger charge is -2.10. The van der Waals surface area contributed by atoms with Crippen LogP contribution in [0.1, 0.15) is 34.3 Å². The van der Waals surface area contributed by atoms with Crippen molar-refractivity contribution < 1.29 is 18.0 Å². The number of hydrogen-bond acceptors (Lipinski definition) is 6. The van der Waals surface area contributed by atoms with Crippen molar-refractivity contribution in [2.75, 3.05) is 16.6 Å². The SMILES string of the molecule is CC(=O)Nc1ccc(S(=O)(=O)Nc2nc3c(s2)C(=O)NCCC3)c(C)c1. The Bertz CT molecular complexity index is 982. The molecule has 138 valence electrons. The molecule has 0 spiro atoms. The van der Waals surface area contributed by atoms with Crippen molar-refractivity contribution in [1.29, 1.82) is 0 Å². The maximum Gasteiger partial charge on any atom is 0.263 e. The van der Waals surface area contributed by atoms with Crippen LogP contribution in [0.25, 0.3) is 0 Å². The number of sulfonamides is 1. The third-order valence-corrected chi connectivity index (χ3v) is 6.43. The van der Waals surface area contributed by atoms with Crippen LogP contribution in [0.15, 0.2) is 23.1 Å². The molecule has 3 N–H and O–H groups in total. The van der Waals surface area contributed by atoms with Gasteiger partial charge in [0.1, 0.15) is 4.88 Å². The lowest BCUT2D eigenvalue weighted by atomic mass is 10.2. The number of nitrogens with one attached hydrogen (secondary N) is 3. The molecular formula is C16H18N4O4S2. The zero-order chi connectivity index (χ0) is 18.9. The van der Waals surface area contributed by atoms with Crippen molar-refractivity contribution in [3.63, 3.8) is 0 Å². The summed E-state index contributed by atoms with van der Waals surface area (Å²) < 4.78 is 27.8. The van der Waals surface area contributed by atoms with Gasteiger partial charge in [-0.2, -0.15) is 0 Å². The van der Waals surface area contributed by atoms with E-state index >= 15 is 0 Å². The van der Waals surface area contributed by atoms with E-state index in [-0.39, 0.29) is 21.8 Å². The van der Waals surface area contributed by atoms with Crippen LogP contribution in [0.2, 0.25) is 0 Å². The monoisotopic (exact) mass is 394 g/mol. The van der Waals surface area contributed by atoms with Crippen LogP contribution in [-0.2, 0) is 21.2 Å². The second-order valence-corrected chi connectivity index (χ2v) is 8.57. The number of rotatable bonds is 4. The van der Waals surface area contributed by atoms with Gasteiger partial charge in [0.2, 0.25) is 5.91 Å². The molecular weight excluding hydrogens is 376 g/mol. The van der Waals surface area contributed by atoms with Gasteiger partial charge in [-0.25, -0.2) is 13.4 Å². The van der Waals surface area contributed by atoms with Crippen molar-refractivity contribution in [3.8, 4) is 0 Å². The highest BCUT2D eigenvalue weighted by Gasteiger charge is 2.24. The number of anilines is 2. The Labute approximate surface area is 155 Å². The van der Waals surface area contributed by atoms with Gasteiger partial charge in [0.15, 0.2) is 5.13 Å². The van der Waals surface area contributed by atoms with E-state index in [1.807, 2.05) is 0 Å². The fourth-order valence-corrected chi connectivity index (χ4v) is 5.07. The van der Waals surface area contributed by atoms with E-state index in [1.165, 1.54) is 19.1 Å². The Kier molecular flexibility index (Phi) is 4.97. The molecule has 3 rings (SSSR count). The molecule has 0 radical (unpaired) electrons. The highest BCUT2D eigenvalue weighted by Crippen LogP contribution is 2.28. The van der Waals surface area contributed by atoms with E-state index in [0.29, 0.717) is 34.8 Å². The Hall–Kier alpha value is -2.46. The summed E-state index contributed by atoms with van der Waals surface area (Å²) >= 11 is 1.03. The number of thiazole rings is 1. The first-order valence-corrected chi connectivity index (χ1v) is 10.3. The van der Waals surface area contributed by atoms with Gasteiger partial charge >= 0.3 is 0 Å². The molecule has 26 heavy (non-hydrogen) atoms. The number of fused-ring (bicyclic) bond motifs is 1. The summed E-state index contributed by atoms with van der Waals surface area (Å²) in [6, 6.07) is 4.53. The standard InChI is InChI=1S/C16H18N4O4S2/c1-9-8-11(18-10(2)21)5-6-13(9)26(23,24)20-16-19-12-4-3-7-17-15(22)14(12)25-16/h5-6,8H,3-4,7H2,1-2H3,(H,17,22)(H,18,21)(H,19,20). The zero-order valence-electron chi connectivity index (χ0n) is 14.3. The van der Waals surface area contributed by atoms with Gasteiger partial charge in [-0.3, -0.25) is 14.3 Å². The van der Waals surface area contributed by atoms with Crippen LogP contribution in [0, 0.1) is 6.92 Å². The van der Waals surface area contributed by atoms with E-state index in [1.54, 1.807) is 13.0 Å². The number of benzene rings is 1. The highest BCUT2D eigenvalue weighted by atomic mass is 32.2. The van der Waals surface area contributed by atoms with Crippen molar-refractivity contribution in [3.05, 3.63) is 34.3 Å². The Balaban J connectivity index is 1.87. The largest absolute Gasteiger partial charge is 0.351 e. The second kappa shape index (κ2) is 7.04. The van der Waals surface area contributed by atoms with Crippen LogP contribution in [-0.4, -0.2) is 31.8 Å². The number of nitrogens with zero attached hydrogens (tertiary/aromatic N) is 1. The summed E-state index contributed by atoms with van der Waals surface area (Å²) in [4.78, 5) is 27.9. The van der Waals surface area contributed by atoms with Crippen LogP contribution in [0.3, 0.4) is 0 Å². The zero-order valence-corrected chi connectivity index (χ0v) is 15.9. The number of carbonyl (C=O) groups excluding carboxylic acids is 2. The first kappa shape index (κ1) is 18.3. The molecule has 10 heteroatoms. The Morgan fingerprint density at radius 3 is 2.81 bits per heavy atom. The molecule has 8 nitrogen and oxygen atoms in total. The minimum absolute atomic E-state index is 0.0847. The molecule has 1 aliphatic heterocycles. The van der Waals surface area contributed by atoms with Gasteiger partial charge in [0.05, 0.1) is 10.6 Å². The molecule has 0 fully saturated rings. The van der Waals surface area contributed by atoms with E-state index in [9.17, 15) is 18.0 Å². The van der Waals surface area contributed by atoms with Crippen molar-refractivity contribution in [2.45, 2.75) is 31.6 Å². The van der Waals surface area contributed by atoms with Crippen molar-refractivity contribution >= 4 is 44.0 Å². The van der Waals surface area contributed by atoms with Gasteiger partial charge in [-0.05, 0) is 43.5 Å². The molecule has 0 unspecified atom stereocenters. The van der Waals surface area contributed by atoms with Gasteiger partial charge in [0.25, 0.3) is 15.9 Å². The van der Waals surface area contributed by atoms with Crippen molar-refractivity contribution in [2.24, 2.45) is 0 Å². The first-order chi connectivity index (χ1) is 12.3. The minimum atomic E-state index is -3.86. The summed E-state index contributed by atoms with van der Waals surface area (Å²) in [5, 5.41) is 5.53. The van der Waals surface area contributed by atoms with E-state index in [4.69, 9.17) is 0 Å². The fourth-order valence-electron chi connectivity index (χ4n) is 2.68. The quantitative estimate of drug-likeness (QED) is 0.732. The van der Waals surface area contributed by atoms with E-state index in [2.05, 4.69) is 20.3 Å². The molecule has 0 saturated carbocycles. The van der Waals surface area contributed by atoms with Gasteiger partial charge in [0, 0.05) is 19.2 Å². The number of aryl methyl sites for hydroxylation is 2. The average molecular weight is 394 g/mol. The van der Waals surface area contributed by atoms with Crippen LogP contribution in [0.5, 0.6) is 0 Å². The maximum absolute atomic E-state index is 12.7. The molecule has 2 heterocycles. The molecule has 2 aromatic rings. The average Bonchev–Trinajstić information content (AvgIpc) is 2.84. The number of hydrogen-bond donors (Lipinski definition) is 3. The third-order valence-electron chi connectivity index (χ3n) is 3.79. The molecule has 1 aromatic carbocycles. The summed E-state index contributed by atoms with van der Waals surface area (Å²) in [6.45, 7) is 3.61. The Morgan fingerprint density at radius 1 is 1.35 bits per heavy atom. The fraction of sp³-hybridized carbons (Fsp3) is 0.312. The van der Waals surface area contributed by atoms with Crippen LogP contribution in [0.4, 0.5) is 10.8 Å². The second-order valence-electron chi connectivity index (χ2n) is 5.92. The lowest BCUT2D eigenvalue weighted by Crippen LogP contribution is -2.21. The van der Waals surface area contributed by atoms with Crippen LogP contribution >= 0.6 is 11.3 Å². The molecule has 1 aliphatic rings. The number of carbonyl (C=O) groups is 2. The molecule has 0 aliphatic carbocycles. The van der Waals surface area contributed by atoms with Crippen LogP contribution < -0.4 is 15.4 Å². The smallest absolute Gasteiger partial charge is 0.263 e. The minimum Gasteiger partial charge on any atom is -0.351 e. The molecule has 0 atom stereocenters. The van der Waals surface area contributed by atoms with Gasteiger partial charge in [-0.1, -0.05) is 11.3 Å². The summed E-state index contributed by atoms with van der Waals surface area (Å²) in [6.07, 6.45) is 1.38. The summed E-state index contributed by atoms with van der Waals surface area (Å²) in [5.74, 6) is -0.461. The maximum atomic E-state index is 12.7. The molecule has 1 aromatic heterocycles. The third kappa shape index (κ3) is 3.86. The van der Waals surface area contributed by atoms with E-state index < -0.39 is 10.0 Å². The summed E-state index contributed by atoms with van der Waals surface area (Å²) in [5.41, 5.74) is 1.62. The predicted octanol–water partition coefficient (Wildman–Crippen LogP) is 1.89. The first-order valence-electron chi connectivity index (χ1n) is 7.95. The lowest BCUT2D eigenvalue weighted by molar-refractivity contribution is -0.114. The molecule has 0 bridgehead atoms. The normalized spacial score (nSPS) is 14.2. The van der Waals surface area contributed by atoms with E-state index in [0.717, 1.165) is 17.8 Å². The molecule has 0 saturated heterocycles. The molecule has 2 amide bonds.